The largest absolute Gasteiger partial charge is 0.462 e. The molecule has 3 nitrogen and oxygen atoms in total. The molecule has 0 radical (unpaired) electrons. The number of rotatable bonds is 13. The van der Waals surface area contributed by atoms with Crippen molar-refractivity contribution in [3.05, 3.63) is 12.7 Å². The molecule has 4 bridgehead atoms. The predicted molar refractivity (Wildman–Crippen MR) is 113 cm³/mol. The third kappa shape index (κ3) is 5.76. The van der Waals surface area contributed by atoms with Gasteiger partial charge in [-0.3, -0.25) is 0 Å². The zero-order chi connectivity index (χ0) is 19.2. The Hall–Kier alpha value is -0.480. The lowest BCUT2D eigenvalue weighted by molar-refractivity contribution is -0.170. The van der Waals surface area contributed by atoms with Gasteiger partial charge < -0.3 is 9.47 Å². The summed E-state index contributed by atoms with van der Waals surface area (Å²) in [6.07, 6.45) is 14.1. The van der Waals surface area contributed by atoms with Crippen LogP contribution in [-0.2, 0) is 14.3 Å². The van der Waals surface area contributed by atoms with Crippen LogP contribution >= 0.6 is 11.8 Å². The lowest BCUT2D eigenvalue weighted by atomic mass is 9.44. The van der Waals surface area contributed by atoms with Gasteiger partial charge >= 0.3 is 5.97 Å². The van der Waals surface area contributed by atoms with Crippen LogP contribution in [0.4, 0.5) is 0 Å². The molecule has 0 N–H and O–H groups in total. The molecule has 4 fully saturated rings. The Balaban J connectivity index is 1.41. The molecule has 0 aromatic heterocycles. The van der Waals surface area contributed by atoms with Crippen LogP contribution in [0.1, 0.15) is 71.1 Å². The summed E-state index contributed by atoms with van der Waals surface area (Å²) in [5.41, 5.74) is 0.558. The minimum atomic E-state index is -0.271. The molecule has 4 saturated carbocycles. The van der Waals surface area contributed by atoms with Gasteiger partial charge in [0, 0.05) is 18.1 Å². The maximum atomic E-state index is 11.6. The third-order valence-corrected chi connectivity index (χ3v) is 8.02. The van der Waals surface area contributed by atoms with Gasteiger partial charge in [-0.15, -0.1) is 0 Å². The molecule has 2 unspecified atom stereocenters. The number of hydrogen-bond acceptors (Lipinski definition) is 4. The number of carbonyl (C=O) groups excluding carboxylic acids is 1. The Morgan fingerprint density at radius 1 is 1.07 bits per heavy atom. The Labute approximate surface area is 170 Å². The average molecular weight is 395 g/mol. The molecule has 2 atom stereocenters. The molecular formula is C23H38O3S. The highest BCUT2D eigenvalue weighted by atomic mass is 32.2. The fraction of sp³-hybridized carbons (Fsp3) is 0.870. The summed E-state index contributed by atoms with van der Waals surface area (Å²) < 4.78 is 11.7. The summed E-state index contributed by atoms with van der Waals surface area (Å²) in [7, 11) is 0. The summed E-state index contributed by atoms with van der Waals surface area (Å²) >= 11 is 2.09. The number of unbranched alkanes of at least 4 members (excludes halogenated alkanes) is 2. The van der Waals surface area contributed by atoms with Crippen LogP contribution in [0.5, 0.6) is 0 Å². The van der Waals surface area contributed by atoms with Crippen LogP contribution < -0.4 is 0 Å². The van der Waals surface area contributed by atoms with E-state index in [2.05, 4.69) is 25.3 Å². The van der Waals surface area contributed by atoms with E-state index in [1.165, 1.54) is 81.8 Å². The van der Waals surface area contributed by atoms with Gasteiger partial charge in [0.15, 0.2) is 0 Å². The fourth-order valence-electron chi connectivity index (χ4n) is 6.32. The Morgan fingerprint density at radius 2 is 1.74 bits per heavy atom. The normalized spacial score (nSPS) is 34.0. The van der Waals surface area contributed by atoms with E-state index >= 15 is 0 Å². The minimum Gasteiger partial charge on any atom is -0.462 e. The van der Waals surface area contributed by atoms with Gasteiger partial charge in [0.1, 0.15) is 0 Å². The number of esters is 1. The molecule has 0 heterocycles. The second kappa shape index (κ2) is 9.82. The van der Waals surface area contributed by atoms with Gasteiger partial charge in [-0.05, 0) is 86.5 Å². The topological polar surface area (TPSA) is 35.5 Å². The Kier molecular flexibility index (Phi) is 7.73. The molecule has 4 rings (SSSR count). The summed E-state index contributed by atoms with van der Waals surface area (Å²) in [5.74, 6) is 3.94. The second-order valence-corrected chi connectivity index (χ2v) is 10.7. The third-order valence-electron chi connectivity index (χ3n) is 6.87. The van der Waals surface area contributed by atoms with Gasteiger partial charge in [-0.1, -0.05) is 19.9 Å². The first-order valence-electron chi connectivity index (χ1n) is 11.0. The molecule has 0 aliphatic heterocycles. The van der Waals surface area contributed by atoms with Crippen LogP contribution in [0.2, 0.25) is 0 Å². The highest BCUT2D eigenvalue weighted by Crippen LogP contribution is 2.65. The zero-order valence-electron chi connectivity index (χ0n) is 17.2. The van der Waals surface area contributed by atoms with Crippen LogP contribution in [0, 0.1) is 22.7 Å². The van der Waals surface area contributed by atoms with E-state index in [1.807, 2.05) is 0 Å². The zero-order valence-corrected chi connectivity index (χ0v) is 18.0. The molecule has 4 aliphatic rings. The molecule has 0 saturated heterocycles. The van der Waals surface area contributed by atoms with Crippen molar-refractivity contribution in [1.29, 1.82) is 0 Å². The van der Waals surface area contributed by atoms with Gasteiger partial charge in [0.2, 0.25) is 0 Å². The van der Waals surface area contributed by atoms with Crippen LogP contribution in [0.15, 0.2) is 12.7 Å². The quantitative estimate of drug-likeness (QED) is 0.230. The number of ether oxygens (including phenoxy) is 2. The minimum absolute atomic E-state index is 0.210. The highest BCUT2D eigenvalue weighted by Gasteiger charge is 2.58. The maximum Gasteiger partial charge on any atom is 0.330 e. The fourth-order valence-corrected chi connectivity index (χ4v) is 7.42. The SMILES string of the molecule is C=CC(=O)OCC12CC3CC(CC(COCCCCSCCCC)(C3)C1)C2. The molecule has 0 aromatic rings. The summed E-state index contributed by atoms with van der Waals surface area (Å²) in [5, 5.41) is 0. The van der Waals surface area contributed by atoms with Crippen molar-refractivity contribution >= 4 is 17.7 Å². The van der Waals surface area contributed by atoms with Crippen LogP contribution in [-0.4, -0.2) is 37.3 Å². The molecule has 0 spiro atoms. The van der Waals surface area contributed by atoms with Crippen molar-refractivity contribution in [2.24, 2.45) is 22.7 Å². The summed E-state index contributed by atoms with van der Waals surface area (Å²) in [6.45, 7) is 8.19. The van der Waals surface area contributed by atoms with Crippen molar-refractivity contribution in [3.63, 3.8) is 0 Å². The lowest BCUT2D eigenvalue weighted by Crippen LogP contribution is -2.55. The van der Waals surface area contributed by atoms with Gasteiger partial charge in [-0.2, -0.15) is 11.8 Å². The number of carbonyl (C=O) groups is 1. The van der Waals surface area contributed by atoms with Crippen molar-refractivity contribution in [1.82, 2.24) is 0 Å². The van der Waals surface area contributed by atoms with Crippen molar-refractivity contribution in [2.75, 3.05) is 31.3 Å². The molecule has 0 aromatic carbocycles. The van der Waals surface area contributed by atoms with Crippen LogP contribution in [0.25, 0.3) is 0 Å². The van der Waals surface area contributed by atoms with E-state index in [0.29, 0.717) is 12.0 Å². The molecular weight excluding hydrogens is 356 g/mol. The van der Waals surface area contributed by atoms with E-state index in [0.717, 1.165) is 25.0 Å². The first-order chi connectivity index (χ1) is 13.1. The monoisotopic (exact) mass is 394 g/mol. The molecule has 4 aliphatic carbocycles. The molecule has 4 heteroatoms. The Morgan fingerprint density at radius 3 is 2.41 bits per heavy atom. The van der Waals surface area contributed by atoms with E-state index in [-0.39, 0.29) is 11.4 Å². The lowest BCUT2D eigenvalue weighted by Gasteiger charge is -2.61. The number of thioether (sulfide) groups is 1. The second-order valence-electron chi connectivity index (χ2n) is 9.50. The Bertz CT molecular complexity index is 490. The summed E-state index contributed by atoms with van der Waals surface area (Å²) in [4.78, 5) is 11.6. The molecule has 0 amide bonds. The van der Waals surface area contributed by atoms with Crippen molar-refractivity contribution in [3.8, 4) is 0 Å². The van der Waals surface area contributed by atoms with E-state index in [4.69, 9.17) is 9.47 Å². The smallest absolute Gasteiger partial charge is 0.330 e. The molecule has 27 heavy (non-hydrogen) atoms. The van der Waals surface area contributed by atoms with Crippen LogP contribution in [0.3, 0.4) is 0 Å². The molecule has 154 valence electrons. The number of hydrogen-bond donors (Lipinski definition) is 0. The van der Waals surface area contributed by atoms with Gasteiger partial charge in [-0.25, -0.2) is 4.79 Å². The highest BCUT2D eigenvalue weighted by molar-refractivity contribution is 7.99. The van der Waals surface area contributed by atoms with Gasteiger partial charge in [0.25, 0.3) is 0 Å². The average Bonchev–Trinajstić information content (AvgIpc) is 2.63. The first-order valence-corrected chi connectivity index (χ1v) is 12.2. The van der Waals surface area contributed by atoms with E-state index < -0.39 is 0 Å². The van der Waals surface area contributed by atoms with Gasteiger partial charge in [0.05, 0.1) is 13.2 Å². The maximum absolute atomic E-state index is 11.6. The van der Waals surface area contributed by atoms with Crippen molar-refractivity contribution in [2.45, 2.75) is 71.1 Å². The first kappa shape index (κ1) is 21.2. The summed E-state index contributed by atoms with van der Waals surface area (Å²) in [6, 6.07) is 0. The van der Waals surface area contributed by atoms with Crippen molar-refractivity contribution < 1.29 is 14.3 Å². The van der Waals surface area contributed by atoms with E-state index in [9.17, 15) is 4.79 Å². The van der Waals surface area contributed by atoms with E-state index in [1.54, 1.807) is 0 Å². The standard InChI is InChI=1S/C23H38O3S/c1-3-5-9-27-10-7-6-8-25-17-22-12-19-11-20(13-22)15-23(14-19,16-22)18-26-21(24)4-2/h4,19-20H,2-3,5-18H2,1H3. The predicted octanol–water partition coefficient (Wildman–Crippen LogP) is 5.63.